The number of amides is 4. The Morgan fingerprint density at radius 2 is 2.00 bits per heavy atom. The van der Waals surface area contributed by atoms with Crippen molar-refractivity contribution in [1.82, 2.24) is 10.2 Å². The average molecular weight is 184 g/mol. The second-order valence-corrected chi connectivity index (χ2v) is 3.38. The van der Waals surface area contributed by atoms with Crippen molar-refractivity contribution in [2.45, 2.75) is 31.7 Å². The summed E-state index contributed by atoms with van der Waals surface area (Å²) in [5.41, 5.74) is 0. The molecule has 2 aliphatic rings. The summed E-state index contributed by atoms with van der Waals surface area (Å²) in [6.07, 6.45) is 2.60. The van der Waals surface area contributed by atoms with Crippen molar-refractivity contribution in [3.05, 3.63) is 0 Å². The topological polar surface area (TPSA) is 66.5 Å². The SMILES string of the molecule is O=C1CC(=O)N(C2CCC2)C(=O)N1.[HH]. The standard InChI is InChI=1S/C8H10N2O3.H2/c11-6-4-7(12)10(8(13)9-6)5-2-1-3-5;/h5H,1-4H2,(H,9,11,13);1H. The van der Waals surface area contributed by atoms with Crippen LogP contribution in [-0.4, -0.2) is 28.8 Å². The quantitative estimate of drug-likeness (QED) is 0.594. The Labute approximate surface area is 76.6 Å². The Kier molecular flexibility index (Phi) is 1.79. The van der Waals surface area contributed by atoms with Gasteiger partial charge in [-0.2, -0.15) is 0 Å². The maximum Gasteiger partial charge on any atom is 0.331 e. The molecule has 0 unspecified atom stereocenters. The lowest BCUT2D eigenvalue weighted by Gasteiger charge is -2.37. The third-order valence-corrected chi connectivity index (χ3v) is 2.49. The first-order chi connectivity index (χ1) is 6.18. The first kappa shape index (κ1) is 8.22. The van der Waals surface area contributed by atoms with Gasteiger partial charge in [0.2, 0.25) is 11.8 Å². The summed E-state index contributed by atoms with van der Waals surface area (Å²) in [6, 6.07) is -0.522. The van der Waals surface area contributed by atoms with Crippen LogP contribution in [0.3, 0.4) is 0 Å². The highest BCUT2D eigenvalue weighted by Crippen LogP contribution is 2.26. The first-order valence-corrected chi connectivity index (χ1v) is 4.34. The zero-order valence-corrected chi connectivity index (χ0v) is 7.08. The highest BCUT2D eigenvalue weighted by atomic mass is 16.2. The molecule has 5 heteroatoms. The van der Waals surface area contributed by atoms with Gasteiger partial charge in [-0.25, -0.2) is 4.79 Å². The lowest BCUT2D eigenvalue weighted by Crippen LogP contribution is -2.58. The van der Waals surface area contributed by atoms with E-state index in [0.717, 1.165) is 19.3 Å². The van der Waals surface area contributed by atoms with Crippen molar-refractivity contribution in [3.63, 3.8) is 0 Å². The Balaban J connectivity index is 0.000000980. The molecule has 4 amide bonds. The third kappa shape index (κ3) is 1.30. The van der Waals surface area contributed by atoms with E-state index in [4.69, 9.17) is 0 Å². The molecule has 1 aliphatic heterocycles. The number of imide groups is 2. The van der Waals surface area contributed by atoms with Crippen LogP contribution in [0.4, 0.5) is 4.79 Å². The van der Waals surface area contributed by atoms with Crippen molar-refractivity contribution in [3.8, 4) is 0 Å². The molecule has 2 fully saturated rings. The summed E-state index contributed by atoms with van der Waals surface area (Å²) in [5, 5.41) is 2.14. The predicted octanol–water partition coefficient (Wildman–Crippen LogP) is 0.253. The molecular formula is C8H12N2O3. The van der Waals surface area contributed by atoms with Gasteiger partial charge >= 0.3 is 6.03 Å². The summed E-state index contributed by atoms with van der Waals surface area (Å²) in [4.78, 5) is 34.5. The minimum atomic E-state index is -0.550. The summed E-state index contributed by atoms with van der Waals surface area (Å²) < 4.78 is 0. The van der Waals surface area contributed by atoms with Crippen LogP contribution in [0.1, 0.15) is 27.1 Å². The van der Waals surface area contributed by atoms with E-state index in [9.17, 15) is 14.4 Å². The summed E-state index contributed by atoms with van der Waals surface area (Å²) >= 11 is 0. The molecule has 13 heavy (non-hydrogen) atoms. The van der Waals surface area contributed by atoms with E-state index in [0.29, 0.717) is 0 Å². The predicted molar refractivity (Wildman–Crippen MR) is 44.8 cm³/mol. The second kappa shape index (κ2) is 2.83. The van der Waals surface area contributed by atoms with Crippen LogP contribution < -0.4 is 5.32 Å². The van der Waals surface area contributed by atoms with Crippen molar-refractivity contribution in [2.24, 2.45) is 0 Å². The van der Waals surface area contributed by atoms with E-state index in [1.54, 1.807) is 0 Å². The van der Waals surface area contributed by atoms with Crippen molar-refractivity contribution in [2.75, 3.05) is 0 Å². The molecule has 0 bridgehead atoms. The Morgan fingerprint density at radius 1 is 1.31 bits per heavy atom. The van der Waals surface area contributed by atoms with E-state index >= 15 is 0 Å². The number of nitrogens with zero attached hydrogens (tertiary/aromatic N) is 1. The monoisotopic (exact) mass is 184 g/mol. The molecule has 5 nitrogen and oxygen atoms in total. The van der Waals surface area contributed by atoms with Crippen LogP contribution in [-0.2, 0) is 9.59 Å². The molecule has 1 heterocycles. The smallest absolute Gasteiger partial charge is 0.277 e. The van der Waals surface area contributed by atoms with E-state index in [1.165, 1.54) is 4.90 Å². The molecule has 0 atom stereocenters. The van der Waals surface area contributed by atoms with Crippen LogP contribution in [0.5, 0.6) is 0 Å². The molecule has 1 N–H and O–H groups in total. The normalized spacial score (nSPS) is 24.3. The number of barbiturate groups is 1. The van der Waals surface area contributed by atoms with Gasteiger partial charge in [0.15, 0.2) is 0 Å². The molecule has 0 spiro atoms. The number of rotatable bonds is 1. The Bertz CT molecular complexity index is 268. The summed E-state index contributed by atoms with van der Waals surface area (Å²) in [7, 11) is 0. The molecule has 0 aromatic rings. The minimum absolute atomic E-state index is 0. The van der Waals surface area contributed by atoms with Crippen LogP contribution in [0.15, 0.2) is 0 Å². The van der Waals surface area contributed by atoms with Crippen LogP contribution >= 0.6 is 0 Å². The number of carbonyl (C=O) groups excluding carboxylic acids is 3. The van der Waals surface area contributed by atoms with Crippen LogP contribution in [0.2, 0.25) is 0 Å². The van der Waals surface area contributed by atoms with Crippen LogP contribution in [0, 0.1) is 0 Å². The fourth-order valence-electron chi connectivity index (χ4n) is 1.57. The highest BCUT2D eigenvalue weighted by molar-refractivity contribution is 6.14. The van der Waals surface area contributed by atoms with Gasteiger partial charge in [0, 0.05) is 7.47 Å². The Hall–Kier alpha value is -1.39. The van der Waals surface area contributed by atoms with Gasteiger partial charge in [0.05, 0.1) is 0 Å². The molecule has 1 aliphatic carbocycles. The number of hydrogen-bond donors (Lipinski definition) is 1. The molecule has 0 aromatic carbocycles. The molecule has 1 saturated heterocycles. The fraction of sp³-hybridized carbons (Fsp3) is 0.625. The lowest BCUT2D eigenvalue weighted by atomic mass is 9.91. The Morgan fingerprint density at radius 3 is 2.46 bits per heavy atom. The summed E-state index contributed by atoms with van der Waals surface area (Å²) in [5.74, 6) is -0.857. The second-order valence-electron chi connectivity index (χ2n) is 3.38. The third-order valence-electron chi connectivity index (χ3n) is 2.49. The van der Waals surface area contributed by atoms with Gasteiger partial charge in [0.25, 0.3) is 0 Å². The fourth-order valence-corrected chi connectivity index (χ4v) is 1.57. The zero-order valence-electron chi connectivity index (χ0n) is 7.08. The summed E-state index contributed by atoms with van der Waals surface area (Å²) in [6.45, 7) is 0. The minimum Gasteiger partial charge on any atom is -0.277 e. The van der Waals surface area contributed by atoms with Gasteiger partial charge in [-0.1, -0.05) is 0 Å². The zero-order chi connectivity index (χ0) is 9.42. The van der Waals surface area contributed by atoms with Gasteiger partial charge in [-0.15, -0.1) is 0 Å². The van der Waals surface area contributed by atoms with E-state index < -0.39 is 11.9 Å². The highest BCUT2D eigenvalue weighted by Gasteiger charge is 2.38. The molecule has 72 valence electrons. The molecular weight excluding hydrogens is 172 g/mol. The van der Waals surface area contributed by atoms with Crippen LogP contribution in [0.25, 0.3) is 0 Å². The average Bonchev–Trinajstić information content (AvgIpc) is 1.92. The number of urea groups is 1. The number of carbonyl (C=O) groups is 3. The maximum atomic E-state index is 11.3. The van der Waals surface area contributed by atoms with Gasteiger partial charge in [0.1, 0.15) is 6.42 Å². The van der Waals surface area contributed by atoms with E-state index in [2.05, 4.69) is 5.32 Å². The van der Waals surface area contributed by atoms with E-state index in [-0.39, 0.29) is 19.8 Å². The molecule has 0 aromatic heterocycles. The van der Waals surface area contributed by atoms with Gasteiger partial charge in [-0.3, -0.25) is 19.8 Å². The molecule has 1 saturated carbocycles. The van der Waals surface area contributed by atoms with Gasteiger partial charge in [-0.05, 0) is 19.3 Å². The van der Waals surface area contributed by atoms with Crippen molar-refractivity contribution in [1.29, 1.82) is 0 Å². The number of hydrogen-bond acceptors (Lipinski definition) is 3. The largest absolute Gasteiger partial charge is 0.331 e. The van der Waals surface area contributed by atoms with Crippen molar-refractivity contribution >= 4 is 17.8 Å². The maximum absolute atomic E-state index is 11.3. The number of nitrogens with one attached hydrogen (secondary N) is 1. The molecule has 2 rings (SSSR count). The van der Waals surface area contributed by atoms with E-state index in [1.807, 2.05) is 0 Å². The van der Waals surface area contributed by atoms with Gasteiger partial charge < -0.3 is 0 Å². The first-order valence-electron chi connectivity index (χ1n) is 4.34. The molecule has 0 radical (unpaired) electrons. The van der Waals surface area contributed by atoms with Crippen molar-refractivity contribution < 1.29 is 15.8 Å². The lowest BCUT2D eigenvalue weighted by molar-refractivity contribution is -0.138.